The summed E-state index contributed by atoms with van der Waals surface area (Å²) in [6, 6.07) is 6.92. The predicted octanol–water partition coefficient (Wildman–Crippen LogP) is 3.79. The topological polar surface area (TPSA) is 78.7 Å². The molecule has 1 saturated heterocycles. The molecule has 1 aliphatic heterocycles. The number of nitrogens with zero attached hydrogens (tertiary/aromatic N) is 3. The summed E-state index contributed by atoms with van der Waals surface area (Å²) in [5, 5.41) is 14.3. The molecular formula is C19H30N4O3. The van der Waals surface area contributed by atoms with Gasteiger partial charge in [0, 0.05) is 38.3 Å². The number of unbranched alkanes of at least 4 members (excludes halogenated alkanes) is 3. The summed E-state index contributed by atoms with van der Waals surface area (Å²) >= 11 is 0. The van der Waals surface area contributed by atoms with Gasteiger partial charge in [-0.2, -0.15) is 0 Å². The molecule has 0 spiro atoms. The molecule has 0 bridgehead atoms. The molecule has 0 aromatic heterocycles. The van der Waals surface area contributed by atoms with Crippen molar-refractivity contribution in [2.45, 2.75) is 52.0 Å². The number of anilines is 1. The number of nitro benzene ring substituents is 1. The lowest BCUT2D eigenvalue weighted by molar-refractivity contribution is -0.384. The molecule has 1 heterocycles. The Bertz CT molecular complexity index is 600. The van der Waals surface area contributed by atoms with Crippen LogP contribution in [0.3, 0.4) is 0 Å². The van der Waals surface area contributed by atoms with Gasteiger partial charge in [0.2, 0.25) is 0 Å². The molecule has 7 nitrogen and oxygen atoms in total. The Morgan fingerprint density at radius 2 is 1.88 bits per heavy atom. The molecule has 1 aromatic rings. The average Bonchev–Trinajstić information content (AvgIpc) is 2.65. The Labute approximate surface area is 155 Å². The molecule has 1 unspecified atom stereocenters. The highest BCUT2D eigenvalue weighted by atomic mass is 16.6. The molecule has 1 N–H and O–H groups in total. The number of nitro groups is 1. The molecule has 2 amide bonds. The first-order chi connectivity index (χ1) is 12.5. The highest BCUT2D eigenvalue weighted by molar-refractivity contribution is 5.75. The SMILES string of the molecule is CCCCCCC(C)NC(=O)N1CCN(c2ccccc2[N+](=O)[O-])CC1. The van der Waals surface area contributed by atoms with Crippen molar-refractivity contribution in [2.24, 2.45) is 0 Å². The van der Waals surface area contributed by atoms with Gasteiger partial charge in [-0.05, 0) is 19.4 Å². The molecule has 26 heavy (non-hydrogen) atoms. The lowest BCUT2D eigenvalue weighted by Gasteiger charge is -2.36. The first-order valence-electron chi connectivity index (χ1n) is 9.56. The quantitative estimate of drug-likeness (QED) is 0.433. The zero-order chi connectivity index (χ0) is 18.9. The van der Waals surface area contributed by atoms with Crippen molar-refractivity contribution in [3.8, 4) is 0 Å². The second kappa shape index (κ2) is 9.99. The summed E-state index contributed by atoms with van der Waals surface area (Å²) in [5.41, 5.74) is 0.743. The van der Waals surface area contributed by atoms with Crippen molar-refractivity contribution in [3.05, 3.63) is 34.4 Å². The second-order valence-corrected chi connectivity index (χ2v) is 6.92. The van der Waals surface area contributed by atoms with E-state index in [9.17, 15) is 14.9 Å². The van der Waals surface area contributed by atoms with Crippen LogP contribution >= 0.6 is 0 Å². The highest BCUT2D eigenvalue weighted by Gasteiger charge is 2.25. The molecule has 144 valence electrons. The van der Waals surface area contributed by atoms with Gasteiger partial charge in [-0.25, -0.2) is 4.79 Å². The van der Waals surface area contributed by atoms with Gasteiger partial charge in [-0.1, -0.05) is 44.7 Å². The van der Waals surface area contributed by atoms with Crippen LogP contribution in [0.5, 0.6) is 0 Å². The number of benzene rings is 1. The molecule has 0 aliphatic carbocycles. The summed E-state index contributed by atoms with van der Waals surface area (Å²) in [4.78, 5) is 27.0. The van der Waals surface area contributed by atoms with Crippen molar-refractivity contribution >= 4 is 17.4 Å². The molecular weight excluding hydrogens is 332 g/mol. The minimum Gasteiger partial charge on any atom is -0.362 e. The van der Waals surface area contributed by atoms with Gasteiger partial charge < -0.3 is 15.1 Å². The number of rotatable bonds is 8. The number of hydrogen-bond acceptors (Lipinski definition) is 4. The summed E-state index contributed by atoms with van der Waals surface area (Å²) in [5.74, 6) is 0. The molecule has 1 atom stereocenters. The standard InChI is InChI=1S/C19H30N4O3/c1-3-4-5-6-9-16(2)20-19(24)22-14-12-21(13-15-22)17-10-7-8-11-18(17)23(25)26/h7-8,10-11,16H,3-6,9,12-15H2,1-2H3,(H,20,24). The van der Waals surface area contributed by atoms with Crippen molar-refractivity contribution in [2.75, 3.05) is 31.1 Å². The Hall–Kier alpha value is -2.31. The van der Waals surface area contributed by atoms with E-state index in [4.69, 9.17) is 0 Å². The summed E-state index contributed by atoms with van der Waals surface area (Å²) < 4.78 is 0. The third-order valence-corrected chi connectivity index (χ3v) is 4.85. The van der Waals surface area contributed by atoms with Gasteiger partial charge in [0.1, 0.15) is 5.69 Å². The highest BCUT2D eigenvalue weighted by Crippen LogP contribution is 2.28. The third kappa shape index (κ3) is 5.61. The van der Waals surface area contributed by atoms with Crippen LogP contribution < -0.4 is 10.2 Å². The Kier molecular flexibility index (Phi) is 7.69. The van der Waals surface area contributed by atoms with Gasteiger partial charge in [-0.3, -0.25) is 10.1 Å². The number of hydrogen-bond donors (Lipinski definition) is 1. The fourth-order valence-electron chi connectivity index (χ4n) is 3.29. The maximum atomic E-state index is 12.4. The molecule has 0 radical (unpaired) electrons. The fraction of sp³-hybridized carbons (Fsp3) is 0.632. The minimum absolute atomic E-state index is 0.0322. The van der Waals surface area contributed by atoms with Gasteiger partial charge >= 0.3 is 6.03 Å². The molecule has 1 fully saturated rings. The van der Waals surface area contributed by atoms with Crippen LogP contribution in [0.4, 0.5) is 16.2 Å². The van der Waals surface area contributed by atoms with E-state index < -0.39 is 0 Å². The number of amides is 2. The Balaban J connectivity index is 1.81. The Morgan fingerprint density at radius 3 is 2.54 bits per heavy atom. The van der Waals surface area contributed by atoms with E-state index in [1.54, 1.807) is 17.0 Å². The largest absolute Gasteiger partial charge is 0.362 e. The van der Waals surface area contributed by atoms with Crippen LogP contribution in [0, 0.1) is 10.1 Å². The van der Waals surface area contributed by atoms with Crippen molar-refractivity contribution in [3.63, 3.8) is 0 Å². The average molecular weight is 362 g/mol. The van der Waals surface area contributed by atoms with Crippen LogP contribution in [-0.2, 0) is 0 Å². The molecule has 2 rings (SSSR count). The maximum absolute atomic E-state index is 12.4. The number of urea groups is 1. The van der Waals surface area contributed by atoms with Crippen LogP contribution in [0.15, 0.2) is 24.3 Å². The fourth-order valence-corrected chi connectivity index (χ4v) is 3.29. The lowest BCUT2D eigenvalue weighted by Crippen LogP contribution is -2.53. The van der Waals surface area contributed by atoms with Crippen LogP contribution in [0.2, 0.25) is 0 Å². The van der Waals surface area contributed by atoms with Crippen LogP contribution in [0.25, 0.3) is 0 Å². The van der Waals surface area contributed by atoms with Gasteiger partial charge in [0.25, 0.3) is 5.69 Å². The first-order valence-corrected chi connectivity index (χ1v) is 9.56. The van der Waals surface area contributed by atoms with Crippen LogP contribution in [0.1, 0.15) is 46.0 Å². The van der Waals surface area contributed by atoms with E-state index in [1.807, 2.05) is 17.9 Å². The van der Waals surface area contributed by atoms with Crippen molar-refractivity contribution in [1.82, 2.24) is 10.2 Å². The van der Waals surface area contributed by atoms with E-state index in [-0.39, 0.29) is 22.7 Å². The zero-order valence-corrected chi connectivity index (χ0v) is 15.8. The Morgan fingerprint density at radius 1 is 1.19 bits per heavy atom. The first kappa shape index (κ1) is 20.0. The monoisotopic (exact) mass is 362 g/mol. The maximum Gasteiger partial charge on any atom is 0.317 e. The van der Waals surface area contributed by atoms with Gasteiger partial charge in [-0.15, -0.1) is 0 Å². The van der Waals surface area contributed by atoms with E-state index in [0.29, 0.717) is 31.9 Å². The predicted molar refractivity (Wildman–Crippen MR) is 104 cm³/mol. The lowest BCUT2D eigenvalue weighted by atomic mass is 10.1. The van der Waals surface area contributed by atoms with Crippen molar-refractivity contribution < 1.29 is 9.72 Å². The van der Waals surface area contributed by atoms with E-state index in [0.717, 1.165) is 12.8 Å². The number of para-hydroxylation sites is 2. The van der Waals surface area contributed by atoms with E-state index in [2.05, 4.69) is 12.2 Å². The summed E-state index contributed by atoms with van der Waals surface area (Å²) in [6.07, 6.45) is 5.81. The molecule has 1 aliphatic rings. The molecule has 7 heteroatoms. The van der Waals surface area contributed by atoms with Gasteiger partial charge in [0.15, 0.2) is 0 Å². The summed E-state index contributed by atoms with van der Waals surface area (Å²) in [7, 11) is 0. The molecule has 0 saturated carbocycles. The third-order valence-electron chi connectivity index (χ3n) is 4.85. The van der Waals surface area contributed by atoms with Gasteiger partial charge in [0.05, 0.1) is 4.92 Å². The number of piperazine rings is 1. The van der Waals surface area contributed by atoms with E-state index >= 15 is 0 Å². The van der Waals surface area contributed by atoms with Crippen LogP contribution in [-0.4, -0.2) is 48.1 Å². The van der Waals surface area contributed by atoms with E-state index in [1.165, 1.54) is 25.3 Å². The second-order valence-electron chi connectivity index (χ2n) is 6.92. The zero-order valence-electron chi connectivity index (χ0n) is 15.8. The smallest absolute Gasteiger partial charge is 0.317 e. The minimum atomic E-state index is -0.353. The number of nitrogens with one attached hydrogen (secondary N) is 1. The normalized spacial score (nSPS) is 15.6. The van der Waals surface area contributed by atoms with Crippen molar-refractivity contribution in [1.29, 1.82) is 0 Å². The molecule has 1 aromatic carbocycles. The summed E-state index contributed by atoms with van der Waals surface area (Å²) in [6.45, 7) is 6.58. The number of carbonyl (C=O) groups is 1. The number of carbonyl (C=O) groups excluding carboxylic acids is 1.